The number of ether oxygens (including phenoxy) is 1. The van der Waals surface area contributed by atoms with E-state index < -0.39 is 17.7 Å². The number of benzene rings is 2. The molecule has 2 aromatic rings. The highest BCUT2D eigenvalue weighted by Gasteiger charge is 2.20. The van der Waals surface area contributed by atoms with Crippen molar-refractivity contribution in [2.45, 2.75) is 43.8 Å². The Morgan fingerprint density at radius 2 is 1.79 bits per heavy atom. The number of carbonyl (C=O) groups excluding carboxylic acids is 1. The van der Waals surface area contributed by atoms with Gasteiger partial charge in [-0.2, -0.15) is 0 Å². The summed E-state index contributed by atoms with van der Waals surface area (Å²) < 4.78 is 7.31. The Morgan fingerprint density at radius 1 is 1.17 bits per heavy atom. The predicted octanol–water partition coefficient (Wildman–Crippen LogP) is 4.17. The molecule has 4 nitrogen and oxygen atoms in total. The molecule has 0 aromatic heterocycles. The maximum atomic E-state index is 11.9. The average molecular weight is 347 g/mol. The van der Waals surface area contributed by atoms with Crippen molar-refractivity contribution in [2.75, 3.05) is 14.1 Å². The van der Waals surface area contributed by atoms with Crippen molar-refractivity contribution in [3.63, 3.8) is 0 Å². The topological polar surface area (TPSA) is 49.8 Å². The van der Waals surface area contributed by atoms with Gasteiger partial charge in [0.1, 0.15) is 5.60 Å². The minimum absolute atomic E-state index is 0.0443. The molecule has 1 unspecified atom stereocenters. The van der Waals surface area contributed by atoms with Crippen LogP contribution < -0.4 is 0 Å². The first-order valence-electron chi connectivity index (χ1n) is 7.93. The molecule has 0 amide bonds. The lowest BCUT2D eigenvalue weighted by Gasteiger charge is -2.20. The Balaban J connectivity index is 2.13. The summed E-state index contributed by atoms with van der Waals surface area (Å²) in [6.45, 7) is 5.45. The normalized spacial score (nSPS) is 13.3. The van der Waals surface area contributed by atoms with Crippen LogP contribution in [0.15, 0.2) is 41.3 Å². The maximum Gasteiger partial charge on any atom is 0.309 e. The van der Waals surface area contributed by atoms with Crippen LogP contribution in [0.3, 0.4) is 0 Å². The number of nitrogens with zero attached hydrogens (tertiary/aromatic N) is 1. The first-order chi connectivity index (χ1) is 11.1. The summed E-state index contributed by atoms with van der Waals surface area (Å²) in [5.74, 6) is -0.396. The third-order valence-electron chi connectivity index (χ3n) is 3.29. The van der Waals surface area contributed by atoms with Gasteiger partial charge in [-0.15, -0.1) is 0 Å². The molecule has 2 aromatic carbocycles. The smallest absolute Gasteiger partial charge is 0.309 e. The molecular weight excluding hydrogens is 322 g/mol. The van der Waals surface area contributed by atoms with Crippen LogP contribution in [0.25, 0.3) is 10.8 Å². The summed E-state index contributed by atoms with van der Waals surface area (Å²) in [4.78, 5) is 13.0. The number of rotatable bonds is 5. The number of aliphatic hydroxyl groups excluding tert-OH is 1. The van der Waals surface area contributed by atoms with Crippen LogP contribution >= 0.6 is 11.9 Å². The molecule has 0 aliphatic carbocycles. The molecule has 0 saturated carbocycles. The van der Waals surface area contributed by atoms with Crippen molar-refractivity contribution in [3.05, 3.63) is 42.0 Å². The van der Waals surface area contributed by atoms with Crippen molar-refractivity contribution < 1.29 is 14.6 Å². The molecular formula is C19H25NO3S. The van der Waals surface area contributed by atoms with Crippen molar-refractivity contribution in [1.29, 1.82) is 0 Å². The second kappa shape index (κ2) is 7.55. The molecule has 1 N–H and O–H groups in total. The Labute approximate surface area is 147 Å². The first-order valence-corrected chi connectivity index (χ1v) is 8.70. The van der Waals surface area contributed by atoms with E-state index in [1.54, 1.807) is 11.9 Å². The van der Waals surface area contributed by atoms with Crippen LogP contribution in [0.5, 0.6) is 0 Å². The fraction of sp³-hybridized carbons (Fsp3) is 0.421. The molecule has 0 saturated heterocycles. The lowest BCUT2D eigenvalue weighted by molar-refractivity contribution is -0.157. The van der Waals surface area contributed by atoms with Gasteiger partial charge in [0.25, 0.3) is 0 Å². The first kappa shape index (κ1) is 18.8. The van der Waals surface area contributed by atoms with Crippen molar-refractivity contribution in [2.24, 2.45) is 0 Å². The van der Waals surface area contributed by atoms with E-state index >= 15 is 0 Å². The van der Waals surface area contributed by atoms with Crippen molar-refractivity contribution in [1.82, 2.24) is 4.31 Å². The molecule has 24 heavy (non-hydrogen) atoms. The molecule has 1 atom stereocenters. The van der Waals surface area contributed by atoms with Gasteiger partial charge in [-0.05, 0) is 81.3 Å². The Morgan fingerprint density at radius 3 is 2.42 bits per heavy atom. The summed E-state index contributed by atoms with van der Waals surface area (Å²) in [6.07, 6.45) is -0.905. The molecule has 0 radical (unpaired) electrons. The second-order valence-electron chi connectivity index (χ2n) is 6.98. The molecule has 5 heteroatoms. The number of esters is 1. The van der Waals surface area contributed by atoms with Gasteiger partial charge in [0.15, 0.2) is 0 Å². The minimum atomic E-state index is -0.861. The van der Waals surface area contributed by atoms with Crippen LogP contribution in [-0.4, -0.2) is 35.1 Å². The number of fused-ring (bicyclic) bond motifs is 1. The van der Waals surface area contributed by atoms with Gasteiger partial charge >= 0.3 is 5.97 Å². The van der Waals surface area contributed by atoms with E-state index in [4.69, 9.17) is 4.74 Å². The van der Waals surface area contributed by atoms with Gasteiger partial charge < -0.3 is 9.84 Å². The van der Waals surface area contributed by atoms with E-state index in [0.717, 1.165) is 21.2 Å². The summed E-state index contributed by atoms with van der Waals surface area (Å²) in [5, 5.41) is 12.5. The Bertz CT molecular complexity index is 722. The van der Waals surface area contributed by atoms with Gasteiger partial charge in [-0.25, -0.2) is 0 Å². The largest absolute Gasteiger partial charge is 0.460 e. The predicted molar refractivity (Wildman–Crippen MR) is 98.9 cm³/mol. The zero-order valence-corrected chi connectivity index (χ0v) is 15.7. The summed E-state index contributed by atoms with van der Waals surface area (Å²) in [6, 6.07) is 12.0. The quantitative estimate of drug-likeness (QED) is 0.650. The van der Waals surface area contributed by atoms with Gasteiger partial charge in [0, 0.05) is 4.90 Å². The highest BCUT2D eigenvalue weighted by molar-refractivity contribution is 7.97. The highest BCUT2D eigenvalue weighted by atomic mass is 32.2. The van der Waals surface area contributed by atoms with Crippen molar-refractivity contribution in [3.8, 4) is 0 Å². The molecule has 2 rings (SSSR count). The molecule has 0 fully saturated rings. The number of aliphatic hydroxyl groups is 1. The maximum absolute atomic E-state index is 11.9. The lowest BCUT2D eigenvalue weighted by Crippen LogP contribution is -2.24. The van der Waals surface area contributed by atoms with Crippen LogP contribution in [0.2, 0.25) is 0 Å². The zero-order valence-electron chi connectivity index (χ0n) is 14.9. The number of hydrogen-bond acceptors (Lipinski definition) is 5. The fourth-order valence-corrected chi connectivity index (χ4v) is 3.11. The summed E-state index contributed by atoms with van der Waals surface area (Å²) in [5.41, 5.74) is 0.183. The zero-order chi connectivity index (χ0) is 17.9. The Hall–Kier alpha value is -1.56. The second-order valence-corrected chi connectivity index (χ2v) is 8.36. The van der Waals surface area contributed by atoms with E-state index in [1.807, 2.05) is 63.4 Å². The number of hydrogen-bond donors (Lipinski definition) is 1. The van der Waals surface area contributed by atoms with Gasteiger partial charge in [0.2, 0.25) is 0 Å². The standard InChI is InChI=1S/C19H25NO3S/c1-19(2,3)23-18(22)12-17(21)15-7-6-14-11-16(24-20(4)5)9-8-13(14)10-15/h6-11,17,21H,12H2,1-5H3. The van der Waals surface area contributed by atoms with Gasteiger partial charge in [-0.1, -0.05) is 18.2 Å². The minimum Gasteiger partial charge on any atom is -0.460 e. The Kier molecular flexibility index (Phi) is 5.91. The highest BCUT2D eigenvalue weighted by Crippen LogP contribution is 2.28. The third kappa shape index (κ3) is 5.51. The molecule has 0 bridgehead atoms. The van der Waals surface area contributed by atoms with Crippen LogP contribution in [0.4, 0.5) is 0 Å². The van der Waals surface area contributed by atoms with Gasteiger partial charge in [-0.3, -0.25) is 9.10 Å². The summed E-state index contributed by atoms with van der Waals surface area (Å²) in [7, 11) is 4.01. The van der Waals surface area contributed by atoms with Crippen LogP contribution in [0.1, 0.15) is 38.9 Å². The summed E-state index contributed by atoms with van der Waals surface area (Å²) >= 11 is 1.66. The monoisotopic (exact) mass is 347 g/mol. The SMILES string of the molecule is CN(C)Sc1ccc2cc(C(O)CC(=O)OC(C)(C)C)ccc2c1. The molecule has 0 spiro atoms. The number of carbonyl (C=O) groups is 1. The lowest BCUT2D eigenvalue weighted by atomic mass is 10.0. The van der Waals surface area contributed by atoms with Crippen molar-refractivity contribution >= 4 is 28.7 Å². The van der Waals surface area contributed by atoms with Crippen LogP contribution in [-0.2, 0) is 9.53 Å². The average Bonchev–Trinajstić information content (AvgIpc) is 2.43. The molecule has 130 valence electrons. The fourth-order valence-electron chi connectivity index (χ4n) is 2.38. The van der Waals surface area contributed by atoms with E-state index in [1.165, 1.54) is 0 Å². The van der Waals surface area contributed by atoms with E-state index in [-0.39, 0.29) is 6.42 Å². The van der Waals surface area contributed by atoms with Crippen LogP contribution in [0, 0.1) is 0 Å². The van der Waals surface area contributed by atoms with E-state index in [2.05, 4.69) is 12.1 Å². The molecule has 0 heterocycles. The molecule has 0 aliphatic rings. The van der Waals surface area contributed by atoms with Gasteiger partial charge in [0.05, 0.1) is 12.5 Å². The van der Waals surface area contributed by atoms with E-state index in [0.29, 0.717) is 0 Å². The molecule has 0 aliphatic heterocycles. The van der Waals surface area contributed by atoms with E-state index in [9.17, 15) is 9.90 Å². The third-order valence-corrected chi connectivity index (χ3v) is 4.12.